The van der Waals surface area contributed by atoms with E-state index < -0.39 is 0 Å². The van der Waals surface area contributed by atoms with E-state index in [1.165, 1.54) is 33.3 Å². The number of thioether (sulfide) groups is 1. The van der Waals surface area contributed by atoms with Crippen molar-refractivity contribution in [2.24, 2.45) is 16.6 Å². The predicted octanol–water partition coefficient (Wildman–Crippen LogP) is 4.61. The predicted molar refractivity (Wildman–Crippen MR) is 120 cm³/mol. The number of nitrogens with two attached hydrogens (primary N) is 1. The summed E-state index contributed by atoms with van der Waals surface area (Å²) in [6, 6.07) is 6.02. The number of aromatic amines is 1. The Labute approximate surface area is 172 Å². The molecule has 2 aromatic heterocycles. The van der Waals surface area contributed by atoms with Crippen LogP contribution in [0.25, 0.3) is 10.2 Å². The standard InChI is InChI=1S/C21H24N4OS2/c1-11-4-7-15-16(8-11)28-20-18(15)19(26)24-17(25-20)10-27-21(22)23-14-6-5-12(2)13(3)9-14/h5-6,9,11H,4,7-8,10H2,1-3H3,(H2,22,23)(H,24,25,26)/t11-/m1/s1. The first-order valence-corrected chi connectivity index (χ1v) is 11.3. The van der Waals surface area contributed by atoms with E-state index in [1.54, 1.807) is 11.3 Å². The maximum atomic E-state index is 12.7. The lowest BCUT2D eigenvalue weighted by atomic mass is 9.89. The number of aryl methyl sites for hydroxylation is 3. The van der Waals surface area contributed by atoms with Gasteiger partial charge in [0, 0.05) is 4.88 Å². The molecule has 0 fully saturated rings. The van der Waals surface area contributed by atoms with Gasteiger partial charge in [-0.2, -0.15) is 0 Å². The van der Waals surface area contributed by atoms with E-state index in [9.17, 15) is 4.79 Å². The molecule has 3 N–H and O–H groups in total. The fourth-order valence-electron chi connectivity index (χ4n) is 3.56. The van der Waals surface area contributed by atoms with Gasteiger partial charge < -0.3 is 10.7 Å². The van der Waals surface area contributed by atoms with E-state index in [1.807, 2.05) is 18.2 Å². The number of H-pyrrole nitrogens is 1. The van der Waals surface area contributed by atoms with Gasteiger partial charge in [-0.1, -0.05) is 24.8 Å². The molecule has 3 aromatic rings. The van der Waals surface area contributed by atoms with Crippen LogP contribution in [0, 0.1) is 19.8 Å². The number of benzene rings is 1. The number of hydrogen-bond donors (Lipinski definition) is 2. The van der Waals surface area contributed by atoms with Gasteiger partial charge in [0.25, 0.3) is 5.56 Å². The zero-order chi connectivity index (χ0) is 19.8. The Hall–Kier alpha value is -2.12. The molecule has 4 rings (SSSR count). The summed E-state index contributed by atoms with van der Waals surface area (Å²) < 4.78 is 0. The third-order valence-corrected chi connectivity index (χ3v) is 7.25. The second-order valence-corrected chi connectivity index (χ2v) is 9.63. The zero-order valence-corrected chi connectivity index (χ0v) is 18.0. The van der Waals surface area contributed by atoms with E-state index in [2.05, 4.69) is 30.7 Å². The van der Waals surface area contributed by atoms with Crippen LogP contribution in [0.3, 0.4) is 0 Å². The average molecular weight is 413 g/mol. The summed E-state index contributed by atoms with van der Waals surface area (Å²) in [5.74, 6) is 1.81. The Morgan fingerprint density at radius 2 is 2.21 bits per heavy atom. The quantitative estimate of drug-likeness (QED) is 0.486. The molecule has 28 heavy (non-hydrogen) atoms. The van der Waals surface area contributed by atoms with Crippen LogP contribution < -0.4 is 11.3 Å². The Kier molecular flexibility index (Phi) is 5.29. The van der Waals surface area contributed by atoms with Gasteiger partial charge in [-0.25, -0.2) is 9.98 Å². The first-order chi connectivity index (χ1) is 13.4. The van der Waals surface area contributed by atoms with Crippen molar-refractivity contribution in [3.8, 4) is 0 Å². The molecule has 5 nitrogen and oxygen atoms in total. The van der Waals surface area contributed by atoms with Crippen molar-refractivity contribution in [3.63, 3.8) is 0 Å². The maximum absolute atomic E-state index is 12.7. The van der Waals surface area contributed by atoms with Gasteiger partial charge in [0.1, 0.15) is 10.7 Å². The SMILES string of the molecule is Cc1ccc(N=C(N)SCc2nc3sc4c(c3c(=O)[nH]2)CC[C@@H](C)C4)cc1C. The zero-order valence-electron chi connectivity index (χ0n) is 16.3. The minimum atomic E-state index is -0.0303. The number of amidine groups is 1. The number of rotatable bonds is 3. The molecule has 1 atom stereocenters. The Balaban J connectivity index is 1.54. The van der Waals surface area contributed by atoms with Crippen molar-refractivity contribution in [2.45, 2.75) is 45.8 Å². The molecule has 1 aromatic carbocycles. The number of thiophene rings is 1. The summed E-state index contributed by atoms with van der Waals surface area (Å²) >= 11 is 3.06. The molecular formula is C21H24N4OS2. The number of nitrogens with one attached hydrogen (secondary N) is 1. The molecule has 0 radical (unpaired) electrons. The highest BCUT2D eigenvalue weighted by Gasteiger charge is 2.23. The fourth-order valence-corrected chi connectivity index (χ4v) is 5.55. The summed E-state index contributed by atoms with van der Waals surface area (Å²) in [4.78, 5) is 26.9. The van der Waals surface area contributed by atoms with Crippen LogP contribution in [-0.2, 0) is 18.6 Å². The minimum absolute atomic E-state index is 0.0303. The number of aromatic nitrogens is 2. The van der Waals surface area contributed by atoms with E-state index in [4.69, 9.17) is 10.7 Å². The number of fused-ring (bicyclic) bond motifs is 3. The normalized spacial score (nSPS) is 17.1. The van der Waals surface area contributed by atoms with Crippen molar-refractivity contribution in [2.75, 3.05) is 0 Å². The van der Waals surface area contributed by atoms with Crippen molar-refractivity contribution >= 4 is 44.2 Å². The van der Waals surface area contributed by atoms with Crippen molar-refractivity contribution < 1.29 is 0 Å². The molecule has 1 aliphatic carbocycles. The smallest absolute Gasteiger partial charge is 0.259 e. The third kappa shape index (κ3) is 3.86. The lowest BCUT2D eigenvalue weighted by Gasteiger charge is -2.17. The van der Waals surface area contributed by atoms with Crippen LogP contribution in [-0.4, -0.2) is 15.1 Å². The Morgan fingerprint density at radius 1 is 1.39 bits per heavy atom. The summed E-state index contributed by atoms with van der Waals surface area (Å²) in [5.41, 5.74) is 10.5. The fraction of sp³-hybridized carbons (Fsp3) is 0.381. The summed E-state index contributed by atoms with van der Waals surface area (Å²) in [7, 11) is 0. The summed E-state index contributed by atoms with van der Waals surface area (Å²) in [6.07, 6.45) is 3.17. The van der Waals surface area contributed by atoms with Crippen LogP contribution >= 0.6 is 23.1 Å². The first kappa shape index (κ1) is 19.2. The second kappa shape index (κ2) is 7.72. The van der Waals surface area contributed by atoms with Crippen LogP contribution in [0.15, 0.2) is 28.0 Å². The van der Waals surface area contributed by atoms with Crippen LogP contribution in [0.4, 0.5) is 5.69 Å². The van der Waals surface area contributed by atoms with Gasteiger partial charge in [-0.3, -0.25) is 4.79 Å². The second-order valence-electron chi connectivity index (χ2n) is 7.55. The molecule has 0 saturated heterocycles. The topological polar surface area (TPSA) is 84.1 Å². The van der Waals surface area contributed by atoms with Crippen molar-refractivity contribution in [3.05, 3.63) is 55.9 Å². The molecule has 7 heteroatoms. The number of aliphatic imine (C=N–C) groups is 1. The molecule has 0 amide bonds. The molecule has 0 saturated carbocycles. The molecule has 0 bridgehead atoms. The molecule has 0 spiro atoms. The molecule has 0 unspecified atom stereocenters. The average Bonchev–Trinajstić information content (AvgIpc) is 3.00. The first-order valence-electron chi connectivity index (χ1n) is 9.48. The lowest BCUT2D eigenvalue weighted by molar-refractivity contribution is 0.509. The van der Waals surface area contributed by atoms with Crippen molar-refractivity contribution in [1.82, 2.24) is 9.97 Å². The molecule has 0 aliphatic heterocycles. The van der Waals surface area contributed by atoms with Gasteiger partial charge in [0.15, 0.2) is 5.17 Å². The van der Waals surface area contributed by atoms with E-state index in [-0.39, 0.29) is 5.56 Å². The van der Waals surface area contributed by atoms with Crippen molar-refractivity contribution in [1.29, 1.82) is 0 Å². The molecule has 2 heterocycles. The van der Waals surface area contributed by atoms with Gasteiger partial charge in [-0.15, -0.1) is 11.3 Å². The van der Waals surface area contributed by atoms with Gasteiger partial charge in [0.2, 0.25) is 0 Å². The number of nitrogens with zero attached hydrogens (tertiary/aromatic N) is 2. The highest BCUT2D eigenvalue weighted by molar-refractivity contribution is 8.13. The van der Waals surface area contributed by atoms with E-state index >= 15 is 0 Å². The summed E-state index contributed by atoms with van der Waals surface area (Å²) in [5, 5.41) is 1.25. The largest absolute Gasteiger partial charge is 0.378 e. The van der Waals surface area contributed by atoms with E-state index in [0.717, 1.165) is 35.2 Å². The van der Waals surface area contributed by atoms with Crippen LogP contribution in [0.5, 0.6) is 0 Å². The molecular weight excluding hydrogens is 388 g/mol. The van der Waals surface area contributed by atoms with E-state index in [0.29, 0.717) is 22.7 Å². The summed E-state index contributed by atoms with van der Waals surface area (Å²) in [6.45, 7) is 6.40. The lowest BCUT2D eigenvalue weighted by Crippen LogP contribution is -2.15. The maximum Gasteiger partial charge on any atom is 0.259 e. The highest BCUT2D eigenvalue weighted by Crippen LogP contribution is 2.35. The number of hydrogen-bond acceptors (Lipinski definition) is 5. The van der Waals surface area contributed by atoms with Crippen LogP contribution in [0.1, 0.15) is 40.7 Å². The highest BCUT2D eigenvalue weighted by atomic mass is 32.2. The molecule has 146 valence electrons. The van der Waals surface area contributed by atoms with Crippen LogP contribution in [0.2, 0.25) is 0 Å². The molecule has 1 aliphatic rings. The monoisotopic (exact) mass is 412 g/mol. The van der Waals surface area contributed by atoms with Gasteiger partial charge in [-0.05, 0) is 67.9 Å². The van der Waals surface area contributed by atoms with Gasteiger partial charge >= 0.3 is 0 Å². The minimum Gasteiger partial charge on any atom is -0.378 e. The third-order valence-electron chi connectivity index (χ3n) is 5.30. The Bertz CT molecular complexity index is 1130. The Morgan fingerprint density at radius 3 is 3.00 bits per heavy atom. The van der Waals surface area contributed by atoms with Gasteiger partial charge in [0.05, 0.1) is 16.8 Å².